The molecule has 0 spiro atoms. The first kappa shape index (κ1) is 21.6. The number of methoxy groups -OCH3 is 1. The van der Waals surface area contributed by atoms with Gasteiger partial charge in [-0.2, -0.15) is 0 Å². The largest absolute Gasteiger partial charge is 0.497 e. The Morgan fingerprint density at radius 1 is 1.00 bits per heavy atom. The van der Waals surface area contributed by atoms with Crippen molar-refractivity contribution in [3.05, 3.63) is 59.7 Å². The van der Waals surface area contributed by atoms with Gasteiger partial charge in [0.05, 0.1) is 19.2 Å². The van der Waals surface area contributed by atoms with E-state index in [-0.39, 0.29) is 12.8 Å². The highest BCUT2D eigenvalue weighted by atomic mass is 16.5. The summed E-state index contributed by atoms with van der Waals surface area (Å²) in [6.07, 6.45) is 1.11. The molecule has 30 heavy (non-hydrogen) atoms. The molecule has 1 aliphatic heterocycles. The minimum Gasteiger partial charge on any atom is -0.497 e. The van der Waals surface area contributed by atoms with Crippen LogP contribution in [0.15, 0.2) is 53.7 Å². The molecule has 1 aliphatic rings. The van der Waals surface area contributed by atoms with Gasteiger partial charge in [-0.05, 0) is 41.8 Å². The van der Waals surface area contributed by atoms with Crippen molar-refractivity contribution < 1.29 is 19.8 Å². The summed E-state index contributed by atoms with van der Waals surface area (Å²) in [5.74, 6) is -0.0254. The number of benzene rings is 2. The van der Waals surface area contributed by atoms with Crippen LogP contribution in [-0.2, 0) is 11.2 Å². The molecule has 3 rings (SSSR count). The number of rotatable bonds is 9. The number of aliphatic carboxylic acids is 1. The number of ether oxygens (including phenoxy) is 1. The van der Waals surface area contributed by atoms with Crippen LogP contribution in [0.2, 0.25) is 0 Å². The molecule has 0 amide bonds. The third-order valence-corrected chi connectivity index (χ3v) is 5.51. The second-order valence-electron chi connectivity index (χ2n) is 7.41. The zero-order valence-corrected chi connectivity index (χ0v) is 17.3. The fraction of sp³-hybridized carbons (Fsp3) is 0.391. The molecule has 0 bridgehead atoms. The number of carboxylic acids is 1. The van der Waals surface area contributed by atoms with Crippen molar-refractivity contribution >= 4 is 17.4 Å². The van der Waals surface area contributed by atoms with Gasteiger partial charge in [0.15, 0.2) is 0 Å². The summed E-state index contributed by atoms with van der Waals surface area (Å²) >= 11 is 0. The molecule has 2 N–H and O–H groups in total. The summed E-state index contributed by atoms with van der Waals surface area (Å²) in [6, 6.07) is 16.1. The summed E-state index contributed by atoms with van der Waals surface area (Å²) in [5, 5.41) is 21.2. The number of oxime groups is 1. The van der Waals surface area contributed by atoms with E-state index in [1.54, 1.807) is 7.11 Å². The predicted octanol–water partition coefficient (Wildman–Crippen LogP) is 3.10. The van der Waals surface area contributed by atoms with Gasteiger partial charge in [-0.15, -0.1) is 0 Å². The number of carboxylic acid groups (broad SMARTS) is 1. The van der Waals surface area contributed by atoms with Crippen molar-refractivity contribution in [3.63, 3.8) is 0 Å². The van der Waals surface area contributed by atoms with Gasteiger partial charge in [0.1, 0.15) is 5.75 Å². The Kier molecular flexibility index (Phi) is 7.68. The highest BCUT2D eigenvalue weighted by Gasteiger charge is 2.17. The van der Waals surface area contributed by atoms with Crippen LogP contribution < -0.4 is 9.64 Å². The van der Waals surface area contributed by atoms with Gasteiger partial charge >= 0.3 is 5.97 Å². The molecule has 1 heterocycles. The van der Waals surface area contributed by atoms with Gasteiger partial charge in [-0.3, -0.25) is 9.69 Å². The molecular formula is C23H29N3O4. The van der Waals surface area contributed by atoms with Crippen molar-refractivity contribution in [2.45, 2.75) is 19.3 Å². The first-order chi connectivity index (χ1) is 14.6. The monoisotopic (exact) mass is 411 g/mol. The minimum absolute atomic E-state index is 0.0519. The molecule has 0 aromatic heterocycles. The summed E-state index contributed by atoms with van der Waals surface area (Å²) < 4.78 is 5.23. The molecular weight excluding hydrogens is 382 g/mol. The topological polar surface area (TPSA) is 85.6 Å². The fourth-order valence-electron chi connectivity index (χ4n) is 3.65. The normalized spacial score (nSPS) is 15.2. The van der Waals surface area contributed by atoms with E-state index in [1.807, 2.05) is 36.4 Å². The van der Waals surface area contributed by atoms with Crippen LogP contribution in [0.3, 0.4) is 0 Å². The summed E-state index contributed by atoms with van der Waals surface area (Å²) in [7, 11) is 1.68. The lowest BCUT2D eigenvalue weighted by Gasteiger charge is -2.36. The molecule has 1 saturated heterocycles. The van der Waals surface area contributed by atoms with Gasteiger partial charge in [0, 0.05) is 44.8 Å². The molecule has 1 fully saturated rings. The van der Waals surface area contributed by atoms with Crippen LogP contribution in [0.5, 0.6) is 5.75 Å². The van der Waals surface area contributed by atoms with Gasteiger partial charge < -0.3 is 20.0 Å². The van der Waals surface area contributed by atoms with Crippen molar-refractivity contribution in [2.24, 2.45) is 5.16 Å². The number of hydrogen-bond donors (Lipinski definition) is 2. The molecule has 0 saturated carbocycles. The van der Waals surface area contributed by atoms with Crippen molar-refractivity contribution in [3.8, 4) is 5.75 Å². The Balaban J connectivity index is 1.45. The maximum absolute atomic E-state index is 10.7. The average molecular weight is 412 g/mol. The van der Waals surface area contributed by atoms with E-state index >= 15 is 0 Å². The van der Waals surface area contributed by atoms with Gasteiger partial charge in [-0.1, -0.05) is 29.4 Å². The number of anilines is 1. The number of piperazine rings is 1. The Morgan fingerprint density at radius 2 is 1.67 bits per heavy atom. The molecule has 0 radical (unpaired) electrons. The van der Waals surface area contributed by atoms with Crippen LogP contribution in [0.4, 0.5) is 5.69 Å². The third-order valence-electron chi connectivity index (χ3n) is 5.51. The Hall–Kier alpha value is -3.06. The van der Waals surface area contributed by atoms with E-state index in [4.69, 9.17) is 15.1 Å². The first-order valence-electron chi connectivity index (χ1n) is 10.2. The van der Waals surface area contributed by atoms with Crippen LogP contribution in [0.1, 0.15) is 24.0 Å². The maximum Gasteiger partial charge on any atom is 0.303 e. The molecule has 160 valence electrons. The van der Waals surface area contributed by atoms with Crippen LogP contribution >= 0.6 is 0 Å². The van der Waals surface area contributed by atoms with Gasteiger partial charge in [-0.25, -0.2) is 0 Å². The molecule has 0 atom stereocenters. The Bertz CT molecular complexity index is 842. The second-order valence-corrected chi connectivity index (χ2v) is 7.41. The smallest absolute Gasteiger partial charge is 0.303 e. The quantitative estimate of drug-likeness (QED) is 0.375. The summed E-state index contributed by atoms with van der Waals surface area (Å²) in [4.78, 5) is 15.6. The van der Waals surface area contributed by atoms with E-state index in [0.717, 1.165) is 50.5 Å². The lowest BCUT2D eigenvalue weighted by Crippen LogP contribution is -2.46. The van der Waals surface area contributed by atoms with E-state index in [2.05, 4.69) is 27.1 Å². The first-order valence-corrected chi connectivity index (χ1v) is 10.2. The van der Waals surface area contributed by atoms with E-state index in [0.29, 0.717) is 5.71 Å². The number of hydrogen-bond acceptors (Lipinski definition) is 6. The van der Waals surface area contributed by atoms with E-state index in [1.165, 1.54) is 11.3 Å². The molecule has 2 aromatic carbocycles. The summed E-state index contributed by atoms with van der Waals surface area (Å²) in [6.45, 7) is 5.06. The number of carbonyl (C=O) groups is 1. The molecule has 2 aromatic rings. The van der Waals surface area contributed by atoms with E-state index in [9.17, 15) is 4.79 Å². The zero-order chi connectivity index (χ0) is 21.3. The summed E-state index contributed by atoms with van der Waals surface area (Å²) in [5.41, 5.74) is 3.61. The van der Waals surface area contributed by atoms with Crippen molar-refractivity contribution in [2.75, 3.05) is 44.7 Å². The molecule has 0 unspecified atom stereocenters. The van der Waals surface area contributed by atoms with Crippen LogP contribution in [0.25, 0.3) is 0 Å². The van der Waals surface area contributed by atoms with Gasteiger partial charge in [0.25, 0.3) is 0 Å². The molecule has 7 nitrogen and oxygen atoms in total. The van der Waals surface area contributed by atoms with Crippen molar-refractivity contribution in [1.82, 2.24) is 4.90 Å². The second kappa shape index (κ2) is 10.6. The Labute approximate surface area is 177 Å². The molecule has 0 aliphatic carbocycles. The highest BCUT2D eigenvalue weighted by molar-refractivity contribution is 6.01. The zero-order valence-electron chi connectivity index (χ0n) is 17.3. The van der Waals surface area contributed by atoms with Crippen LogP contribution in [-0.4, -0.2) is 66.7 Å². The Morgan fingerprint density at radius 3 is 2.23 bits per heavy atom. The number of nitrogens with zero attached hydrogens (tertiary/aromatic N) is 3. The molecule has 7 heteroatoms. The van der Waals surface area contributed by atoms with Gasteiger partial charge in [0.2, 0.25) is 0 Å². The fourth-order valence-corrected chi connectivity index (χ4v) is 3.65. The SMILES string of the molecule is COc1ccc(N2CCN(CCc3ccc(/C(CCC(=O)O)=N\O)cc3)CC2)cc1. The minimum atomic E-state index is -0.903. The van der Waals surface area contributed by atoms with E-state index < -0.39 is 5.97 Å². The van der Waals surface area contributed by atoms with Crippen LogP contribution in [0, 0.1) is 0 Å². The highest BCUT2D eigenvalue weighted by Crippen LogP contribution is 2.20. The average Bonchev–Trinajstić information content (AvgIpc) is 2.79. The third kappa shape index (κ3) is 5.97. The van der Waals surface area contributed by atoms with Crippen molar-refractivity contribution in [1.29, 1.82) is 0 Å². The lowest BCUT2D eigenvalue weighted by molar-refractivity contribution is -0.136. The predicted molar refractivity (Wildman–Crippen MR) is 117 cm³/mol. The standard InChI is InChI=1S/C23H29N3O4/c1-30-21-8-6-20(7-9-21)26-16-14-25(15-17-26)13-12-18-2-4-19(5-3-18)22(24-29)10-11-23(27)28/h2-9,29H,10-17H2,1H3,(H,27,28)/b24-22-. The maximum atomic E-state index is 10.7. The lowest BCUT2D eigenvalue weighted by atomic mass is 10.0.